The van der Waals surface area contributed by atoms with Gasteiger partial charge in [0.1, 0.15) is 6.29 Å². The predicted octanol–water partition coefficient (Wildman–Crippen LogP) is 0.950. The normalized spacial score (nSPS) is 10.9. The predicted molar refractivity (Wildman–Crippen MR) is 66.0 cm³/mol. The highest BCUT2D eigenvalue weighted by atomic mass is 32.2. The molecule has 1 rings (SSSR count). The zero-order chi connectivity index (χ0) is 13.8. The third kappa shape index (κ3) is 3.52. The number of hydrogen-bond donors (Lipinski definition) is 0. The molecule has 0 aliphatic rings. The van der Waals surface area contributed by atoms with E-state index in [1.165, 1.54) is 24.3 Å². The van der Waals surface area contributed by atoms with E-state index in [0.29, 0.717) is 12.0 Å². The minimum Gasteiger partial charge on any atom is -0.303 e. The van der Waals surface area contributed by atoms with Gasteiger partial charge in [-0.15, -0.1) is 0 Å². The Morgan fingerprint density at radius 3 is 2.28 bits per heavy atom. The SMILES string of the molecule is CS(=O)(=O)N(CCC=O)c1ccc([N+](=O)[O-])cc1. The first-order valence-electron chi connectivity index (χ1n) is 5.02. The highest BCUT2D eigenvalue weighted by Gasteiger charge is 2.17. The van der Waals surface area contributed by atoms with Gasteiger partial charge in [0.05, 0.1) is 16.9 Å². The molecule has 7 nitrogen and oxygen atoms in total. The fraction of sp³-hybridized carbons (Fsp3) is 0.300. The van der Waals surface area contributed by atoms with Gasteiger partial charge in [0.2, 0.25) is 10.0 Å². The minimum atomic E-state index is -3.52. The van der Waals surface area contributed by atoms with E-state index in [-0.39, 0.29) is 18.7 Å². The van der Waals surface area contributed by atoms with Crippen LogP contribution in [0.2, 0.25) is 0 Å². The van der Waals surface area contributed by atoms with E-state index < -0.39 is 14.9 Å². The molecule has 0 saturated heterocycles. The lowest BCUT2D eigenvalue weighted by Crippen LogP contribution is -2.31. The molecule has 0 atom stereocenters. The van der Waals surface area contributed by atoms with Gasteiger partial charge in [-0.2, -0.15) is 0 Å². The minimum absolute atomic E-state index is 0.0140. The Bertz CT molecular complexity index is 538. The monoisotopic (exact) mass is 272 g/mol. The zero-order valence-electron chi connectivity index (χ0n) is 9.64. The second kappa shape index (κ2) is 5.58. The average Bonchev–Trinajstić information content (AvgIpc) is 2.28. The van der Waals surface area contributed by atoms with Crippen LogP contribution >= 0.6 is 0 Å². The summed E-state index contributed by atoms with van der Waals surface area (Å²) in [7, 11) is -3.52. The first-order chi connectivity index (χ1) is 8.36. The van der Waals surface area contributed by atoms with Crippen molar-refractivity contribution in [2.75, 3.05) is 17.1 Å². The van der Waals surface area contributed by atoms with Crippen LogP contribution in [0.3, 0.4) is 0 Å². The molecule has 1 aromatic rings. The van der Waals surface area contributed by atoms with Gasteiger partial charge in [0.15, 0.2) is 0 Å². The summed E-state index contributed by atoms with van der Waals surface area (Å²) in [6.07, 6.45) is 1.69. The topological polar surface area (TPSA) is 97.6 Å². The van der Waals surface area contributed by atoms with Crippen molar-refractivity contribution in [1.82, 2.24) is 0 Å². The van der Waals surface area contributed by atoms with Crippen LogP contribution in [-0.4, -0.2) is 32.4 Å². The van der Waals surface area contributed by atoms with E-state index >= 15 is 0 Å². The van der Waals surface area contributed by atoms with Crippen LogP contribution in [-0.2, 0) is 14.8 Å². The van der Waals surface area contributed by atoms with Gasteiger partial charge >= 0.3 is 0 Å². The molecule has 0 saturated carbocycles. The lowest BCUT2D eigenvalue weighted by atomic mass is 10.3. The third-order valence-electron chi connectivity index (χ3n) is 2.20. The number of hydrogen-bond acceptors (Lipinski definition) is 5. The first kappa shape index (κ1) is 14.1. The van der Waals surface area contributed by atoms with Crippen molar-refractivity contribution in [2.45, 2.75) is 6.42 Å². The molecule has 0 aromatic heterocycles. The van der Waals surface area contributed by atoms with Crippen LogP contribution in [0.5, 0.6) is 0 Å². The van der Waals surface area contributed by atoms with Crippen molar-refractivity contribution < 1.29 is 18.1 Å². The molecule has 0 aliphatic carbocycles. The van der Waals surface area contributed by atoms with E-state index in [1.54, 1.807) is 0 Å². The van der Waals surface area contributed by atoms with Crippen molar-refractivity contribution in [3.05, 3.63) is 34.4 Å². The molecule has 98 valence electrons. The second-order valence-corrected chi connectivity index (χ2v) is 5.47. The van der Waals surface area contributed by atoms with Crippen LogP contribution in [0, 0.1) is 10.1 Å². The quantitative estimate of drug-likeness (QED) is 0.436. The van der Waals surface area contributed by atoms with E-state index in [2.05, 4.69) is 0 Å². The Balaban J connectivity index is 3.06. The standard InChI is InChI=1S/C10H12N2O5S/c1-18(16,17)11(7-2-8-13)9-3-5-10(6-4-9)12(14)15/h3-6,8H,2,7H2,1H3. The fourth-order valence-corrected chi connectivity index (χ4v) is 2.34. The van der Waals surface area contributed by atoms with E-state index in [1.807, 2.05) is 0 Å². The molecule has 0 heterocycles. The van der Waals surface area contributed by atoms with E-state index in [4.69, 9.17) is 0 Å². The summed E-state index contributed by atoms with van der Waals surface area (Å²) in [4.78, 5) is 20.2. The summed E-state index contributed by atoms with van der Waals surface area (Å²) >= 11 is 0. The number of nitro benzene ring substituents is 1. The number of carbonyl (C=O) groups is 1. The Hall–Kier alpha value is -1.96. The number of sulfonamides is 1. The summed E-state index contributed by atoms with van der Waals surface area (Å²) in [5, 5.41) is 10.5. The summed E-state index contributed by atoms with van der Waals surface area (Å²) in [6.45, 7) is 0.0140. The number of rotatable bonds is 6. The molecule has 0 spiro atoms. The number of nitro groups is 1. The Labute approximate surface area is 104 Å². The Morgan fingerprint density at radius 2 is 1.89 bits per heavy atom. The van der Waals surface area contributed by atoms with Crippen LogP contribution < -0.4 is 4.31 Å². The number of nitrogens with zero attached hydrogens (tertiary/aromatic N) is 2. The molecule has 1 aromatic carbocycles. The molecule has 0 aliphatic heterocycles. The summed E-state index contributed by atoms with van der Waals surface area (Å²) in [6, 6.07) is 5.11. The lowest BCUT2D eigenvalue weighted by molar-refractivity contribution is -0.384. The third-order valence-corrected chi connectivity index (χ3v) is 3.39. The summed E-state index contributed by atoms with van der Waals surface area (Å²) in [5.41, 5.74) is 0.174. The zero-order valence-corrected chi connectivity index (χ0v) is 10.5. The second-order valence-electron chi connectivity index (χ2n) is 3.56. The van der Waals surface area contributed by atoms with Crippen molar-refractivity contribution in [2.24, 2.45) is 0 Å². The lowest BCUT2D eigenvalue weighted by Gasteiger charge is -2.21. The van der Waals surface area contributed by atoms with Crippen molar-refractivity contribution in [3.63, 3.8) is 0 Å². The van der Waals surface area contributed by atoms with Crippen molar-refractivity contribution in [3.8, 4) is 0 Å². The van der Waals surface area contributed by atoms with E-state index in [9.17, 15) is 23.3 Å². The maximum Gasteiger partial charge on any atom is 0.269 e. The van der Waals surface area contributed by atoms with Crippen LogP contribution in [0.1, 0.15) is 6.42 Å². The maximum absolute atomic E-state index is 11.5. The molecule has 0 bridgehead atoms. The molecule has 0 radical (unpaired) electrons. The van der Waals surface area contributed by atoms with Crippen LogP contribution in [0.15, 0.2) is 24.3 Å². The molecule has 8 heteroatoms. The molecular formula is C10H12N2O5S. The van der Waals surface area contributed by atoms with Gasteiger partial charge in [-0.25, -0.2) is 8.42 Å². The smallest absolute Gasteiger partial charge is 0.269 e. The van der Waals surface area contributed by atoms with Gasteiger partial charge in [-0.3, -0.25) is 14.4 Å². The van der Waals surface area contributed by atoms with Crippen molar-refractivity contribution in [1.29, 1.82) is 0 Å². The van der Waals surface area contributed by atoms with Crippen LogP contribution in [0.25, 0.3) is 0 Å². The average molecular weight is 272 g/mol. The molecular weight excluding hydrogens is 260 g/mol. The highest BCUT2D eigenvalue weighted by molar-refractivity contribution is 7.92. The molecule has 18 heavy (non-hydrogen) atoms. The molecule has 0 unspecified atom stereocenters. The van der Waals surface area contributed by atoms with Gasteiger partial charge in [0, 0.05) is 25.1 Å². The van der Waals surface area contributed by atoms with Gasteiger partial charge < -0.3 is 4.79 Å². The molecule has 0 amide bonds. The number of carbonyl (C=O) groups excluding carboxylic acids is 1. The van der Waals surface area contributed by atoms with Gasteiger partial charge in [-0.1, -0.05) is 0 Å². The number of anilines is 1. The van der Waals surface area contributed by atoms with Crippen molar-refractivity contribution >= 4 is 27.7 Å². The number of aldehydes is 1. The Morgan fingerprint density at radius 1 is 1.33 bits per heavy atom. The van der Waals surface area contributed by atoms with Gasteiger partial charge in [0.25, 0.3) is 5.69 Å². The van der Waals surface area contributed by atoms with Crippen LogP contribution in [0.4, 0.5) is 11.4 Å². The molecule has 0 fully saturated rings. The first-order valence-corrected chi connectivity index (χ1v) is 6.87. The van der Waals surface area contributed by atoms with Gasteiger partial charge in [-0.05, 0) is 12.1 Å². The number of non-ortho nitro benzene ring substituents is 1. The largest absolute Gasteiger partial charge is 0.303 e. The Kier molecular flexibility index (Phi) is 4.38. The maximum atomic E-state index is 11.5. The van der Waals surface area contributed by atoms with E-state index in [0.717, 1.165) is 10.6 Å². The molecule has 0 N–H and O–H groups in total. The highest BCUT2D eigenvalue weighted by Crippen LogP contribution is 2.21. The fourth-order valence-electron chi connectivity index (χ4n) is 1.40. The summed E-state index contributed by atoms with van der Waals surface area (Å²) < 4.78 is 24.1. The summed E-state index contributed by atoms with van der Waals surface area (Å²) in [5.74, 6) is 0. The number of benzene rings is 1.